The lowest BCUT2D eigenvalue weighted by Crippen LogP contribution is -2.44. The zero-order valence-corrected chi connectivity index (χ0v) is 11.1. The third-order valence-corrected chi connectivity index (χ3v) is 2.47. The Morgan fingerprint density at radius 3 is 2.60 bits per heavy atom. The van der Waals surface area contributed by atoms with Gasteiger partial charge in [-0.25, -0.2) is 9.79 Å². The second-order valence-corrected chi connectivity index (χ2v) is 3.66. The van der Waals surface area contributed by atoms with E-state index in [1.165, 1.54) is 25.3 Å². The summed E-state index contributed by atoms with van der Waals surface area (Å²) in [6.07, 6.45) is 0. The molecule has 9 heteroatoms. The van der Waals surface area contributed by atoms with E-state index in [1.54, 1.807) is 6.92 Å². The summed E-state index contributed by atoms with van der Waals surface area (Å²) in [5, 5.41) is 11.0. The molecule has 0 atom stereocenters. The first kappa shape index (κ1) is 15.2. The molecule has 0 aromatic heterocycles. The predicted molar refractivity (Wildman–Crippen MR) is 72.9 cm³/mol. The average molecular weight is 281 g/mol. The molecule has 20 heavy (non-hydrogen) atoms. The number of hydrogen-bond donors (Lipinski definition) is 2. The summed E-state index contributed by atoms with van der Waals surface area (Å²) in [6.45, 7) is 1.85. The van der Waals surface area contributed by atoms with Crippen molar-refractivity contribution in [2.75, 3.05) is 13.7 Å². The van der Waals surface area contributed by atoms with Crippen LogP contribution in [-0.2, 0) is 0 Å². The maximum atomic E-state index is 11.1. The highest BCUT2D eigenvalue weighted by molar-refractivity contribution is 5.96. The zero-order valence-electron chi connectivity index (χ0n) is 11.1. The molecule has 0 unspecified atom stereocenters. The number of nitrogens with zero attached hydrogens (tertiary/aromatic N) is 3. The van der Waals surface area contributed by atoms with Crippen molar-refractivity contribution >= 4 is 23.4 Å². The second kappa shape index (κ2) is 6.36. The number of carbonyl (C=O) groups excluding carboxylic acids is 1. The van der Waals surface area contributed by atoms with Crippen molar-refractivity contribution in [3.05, 3.63) is 28.3 Å². The number of benzene rings is 1. The topological polar surface area (TPSA) is 137 Å². The highest BCUT2D eigenvalue weighted by atomic mass is 16.6. The largest absolute Gasteiger partial charge is 0.496 e. The Morgan fingerprint density at radius 1 is 1.50 bits per heavy atom. The van der Waals surface area contributed by atoms with Crippen LogP contribution in [0.4, 0.5) is 16.2 Å². The van der Waals surface area contributed by atoms with E-state index in [2.05, 4.69) is 4.99 Å². The molecule has 108 valence electrons. The van der Waals surface area contributed by atoms with E-state index in [0.717, 1.165) is 4.90 Å². The Balaban J connectivity index is 3.25. The van der Waals surface area contributed by atoms with Crippen LogP contribution in [0.15, 0.2) is 23.2 Å². The summed E-state index contributed by atoms with van der Waals surface area (Å²) >= 11 is 0. The maximum absolute atomic E-state index is 11.1. The normalized spacial score (nSPS) is 11.0. The molecule has 0 radical (unpaired) electrons. The monoisotopic (exact) mass is 281 g/mol. The number of urea groups is 1. The molecular formula is C11H15N5O4. The number of primary amides is 1. The number of aliphatic imine (C=N–C) groups is 1. The number of nitrogens with two attached hydrogens (primary N) is 2. The van der Waals surface area contributed by atoms with Crippen LogP contribution in [0.5, 0.6) is 5.75 Å². The molecule has 0 aliphatic heterocycles. The quantitative estimate of drug-likeness (QED) is 0.366. The molecule has 9 nitrogen and oxygen atoms in total. The number of guanidine groups is 1. The molecule has 0 fully saturated rings. The number of nitro groups is 1. The fourth-order valence-electron chi connectivity index (χ4n) is 1.49. The van der Waals surface area contributed by atoms with Gasteiger partial charge in [0.15, 0.2) is 0 Å². The molecule has 0 saturated heterocycles. The minimum Gasteiger partial charge on any atom is -0.496 e. The lowest BCUT2D eigenvalue weighted by Gasteiger charge is -2.16. The number of ether oxygens (including phenoxy) is 1. The third-order valence-electron chi connectivity index (χ3n) is 2.47. The van der Waals surface area contributed by atoms with Crippen molar-refractivity contribution in [3.63, 3.8) is 0 Å². The Hall–Kier alpha value is -2.84. The van der Waals surface area contributed by atoms with Crippen LogP contribution in [0.1, 0.15) is 6.92 Å². The van der Waals surface area contributed by atoms with Gasteiger partial charge in [0.25, 0.3) is 5.69 Å². The van der Waals surface area contributed by atoms with E-state index in [-0.39, 0.29) is 23.9 Å². The summed E-state index contributed by atoms with van der Waals surface area (Å²) in [5.41, 5.74) is 10.5. The number of amides is 2. The van der Waals surface area contributed by atoms with E-state index in [1.807, 2.05) is 0 Å². The van der Waals surface area contributed by atoms with Crippen LogP contribution in [0, 0.1) is 10.1 Å². The van der Waals surface area contributed by atoms with E-state index in [0.29, 0.717) is 5.75 Å². The molecule has 0 spiro atoms. The van der Waals surface area contributed by atoms with Crippen LogP contribution in [0.3, 0.4) is 0 Å². The van der Waals surface area contributed by atoms with E-state index in [4.69, 9.17) is 16.2 Å². The minimum atomic E-state index is -0.787. The number of methoxy groups -OCH3 is 1. The van der Waals surface area contributed by atoms with Crippen LogP contribution in [-0.4, -0.2) is 35.5 Å². The smallest absolute Gasteiger partial charge is 0.321 e. The van der Waals surface area contributed by atoms with Crippen molar-refractivity contribution in [1.82, 2.24) is 4.90 Å². The SMILES string of the molecule is CCN(C(N)=O)C(N)=Nc1ccc(OC)cc1[N+](=O)[O-]. The standard InChI is InChI=1S/C11H15N5O4/c1-3-15(11(13)17)10(12)14-8-5-4-7(20-2)6-9(8)16(18)19/h4-6H,3H2,1-2H3,(H2,12,14)(H2,13,17). The molecule has 1 aromatic carbocycles. The van der Waals surface area contributed by atoms with Gasteiger partial charge in [-0.3, -0.25) is 15.0 Å². The van der Waals surface area contributed by atoms with Gasteiger partial charge < -0.3 is 16.2 Å². The van der Waals surface area contributed by atoms with Gasteiger partial charge in [0.2, 0.25) is 5.96 Å². The van der Waals surface area contributed by atoms with Gasteiger partial charge in [0.05, 0.1) is 18.1 Å². The maximum Gasteiger partial charge on any atom is 0.321 e. The van der Waals surface area contributed by atoms with Crippen LogP contribution in [0.2, 0.25) is 0 Å². The van der Waals surface area contributed by atoms with Gasteiger partial charge in [-0.1, -0.05) is 0 Å². The van der Waals surface area contributed by atoms with Gasteiger partial charge in [-0.2, -0.15) is 0 Å². The molecule has 0 aliphatic carbocycles. The van der Waals surface area contributed by atoms with Crippen molar-refractivity contribution in [2.45, 2.75) is 6.92 Å². The molecule has 1 rings (SSSR count). The first-order chi connectivity index (χ1) is 9.40. The highest BCUT2D eigenvalue weighted by Gasteiger charge is 2.17. The molecule has 0 bridgehead atoms. The van der Waals surface area contributed by atoms with Crippen LogP contribution in [0.25, 0.3) is 0 Å². The fourth-order valence-corrected chi connectivity index (χ4v) is 1.49. The predicted octanol–water partition coefficient (Wildman–Crippen LogP) is 0.950. The third kappa shape index (κ3) is 3.34. The summed E-state index contributed by atoms with van der Waals surface area (Å²) < 4.78 is 4.90. The number of nitro benzene ring substituents is 1. The van der Waals surface area contributed by atoms with Gasteiger partial charge >= 0.3 is 6.03 Å². The van der Waals surface area contributed by atoms with Crippen molar-refractivity contribution < 1.29 is 14.5 Å². The number of hydrogen-bond acceptors (Lipinski definition) is 5. The van der Waals surface area contributed by atoms with Crippen molar-refractivity contribution in [3.8, 4) is 5.75 Å². The molecule has 1 aromatic rings. The first-order valence-electron chi connectivity index (χ1n) is 5.64. The van der Waals surface area contributed by atoms with Gasteiger partial charge in [-0.15, -0.1) is 0 Å². The van der Waals surface area contributed by atoms with Gasteiger partial charge in [-0.05, 0) is 19.1 Å². The Morgan fingerprint density at radius 2 is 2.15 bits per heavy atom. The lowest BCUT2D eigenvalue weighted by atomic mass is 10.2. The Kier molecular flexibility index (Phi) is 4.84. The minimum absolute atomic E-state index is 0.00741. The van der Waals surface area contributed by atoms with Gasteiger partial charge in [0.1, 0.15) is 11.4 Å². The highest BCUT2D eigenvalue weighted by Crippen LogP contribution is 2.31. The summed E-state index contributed by atoms with van der Waals surface area (Å²) in [5.74, 6) is 0.102. The van der Waals surface area contributed by atoms with E-state index < -0.39 is 11.0 Å². The Labute approximate surface area is 115 Å². The molecule has 0 aliphatic rings. The zero-order chi connectivity index (χ0) is 15.3. The van der Waals surface area contributed by atoms with Crippen LogP contribution >= 0.6 is 0 Å². The van der Waals surface area contributed by atoms with Crippen molar-refractivity contribution in [1.29, 1.82) is 0 Å². The Bertz CT molecular complexity index is 558. The van der Waals surface area contributed by atoms with E-state index in [9.17, 15) is 14.9 Å². The molecule has 4 N–H and O–H groups in total. The second-order valence-electron chi connectivity index (χ2n) is 3.66. The summed E-state index contributed by atoms with van der Waals surface area (Å²) in [7, 11) is 1.39. The van der Waals surface area contributed by atoms with E-state index >= 15 is 0 Å². The average Bonchev–Trinajstić information content (AvgIpc) is 2.39. The number of rotatable bonds is 4. The van der Waals surface area contributed by atoms with Crippen molar-refractivity contribution in [2.24, 2.45) is 16.5 Å². The fraction of sp³-hybridized carbons (Fsp3) is 0.273. The lowest BCUT2D eigenvalue weighted by molar-refractivity contribution is -0.384. The van der Waals surface area contributed by atoms with Crippen LogP contribution < -0.4 is 16.2 Å². The molecule has 0 heterocycles. The molecule has 0 saturated carbocycles. The summed E-state index contributed by atoms with van der Waals surface area (Å²) in [6, 6.07) is 3.30. The molecule has 2 amide bonds. The van der Waals surface area contributed by atoms with Gasteiger partial charge in [0, 0.05) is 6.54 Å². The first-order valence-corrected chi connectivity index (χ1v) is 5.64. The summed E-state index contributed by atoms with van der Waals surface area (Å²) in [4.78, 5) is 26.3. The number of carbonyl (C=O) groups is 1. The molecular weight excluding hydrogens is 266 g/mol.